The van der Waals surface area contributed by atoms with Gasteiger partial charge in [0, 0.05) is 10.4 Å². The van der Waals surface area contributed by atoms with Gasteiger partial charge in [-0.2, -0.15) is 0 Å². The molecule has 0 saturated heterocycles. The average Bonchev–Trinajstić information content (AvgIpc) is 2.08. The molecule has 0 amide bonds. The van der Waals surface area contributed by atoms with Gasteiger partial charge in [-0.3, -0.25) is 0 Å². The van der Waals surface area contributed by atoms with E-state index in [1.165, 1.54) is 0 Å². The molecule has 72 valence electrons. The standard InChI is InChI=1S/C10H6Cl3N/c1-5-2-7(11)3-6-4-8(12)10(13)14-9(5)6/h2-4H,1H3. The summed E-state index contributed by atoms with van der Waals surface area (Å²) in [6.45, 7) is 1.94. The second kappa shape index (κ2) is 3.58. The first-order valence-electron chi connectivity index (χ1n) is 4.00. The molecule has 1 aromatic carbocycles. The summed E-state index contributed by atoms with van der Waals surface area (Å²) in [4.78, 5) is 4.19. The first-order valence-corrected chi connectivity index (χ1v) is 5.13. The van der Waals surface area contributed by atoms with Gasteiger partial charge in [-0.15, -0.1) is 0 Å². The molecule has 0 atom stereocenters. The average molecular weight is 247 g/mol. The summed E-state index contributed by atoms with van der Waals surface area (Å²) >= 11 is 17.6. The third-order valence-corrected chi connectivity index (χ3v) is 2.88. The van der Waals surface area contributed by atoms with E-state index in [-0.39, 0.29) is 0 Å². The number of hydrogen-bond donors (Lipinski definition) is 0. The maximum Gasteiger partial charge on any atom is 0.148 e. The predicted molar refractivity (Wildman–Crippen MR) is 61.5 cm³/mol. The fraction of sp³-hybridized carbons (Fsp3) is 0.100. The number of benzene rings is 1. The van der Waals surface area contributed by atoms with Crippen molar-refractivity contribution in [1.82, 2.24) is 4.98 Å². The molecule has 0 bridgehead atoms. The van der Waals surface area contributed by atoms with Crippen LogP contribution >= 0.6 is 34.8 Å². The summed E-state index contributed by atoms with van der Waals surface area (Å²) in [5.74, 6) is 0. The largest absolute Gasteiger partial charge is 0.234 e. The van der Waals surface area contributed by atoms with Crippen molar-refractivity contribution in [2.75, 3.05) is 0 Å². The normalized spacial score (nSPS) is 10.9. The number of hydrogen-bond acceptors (Lipinski definition) is 1. The van der Waals surface area contributed by atoms with Crippen molar-refractivity contribution >= 4 is 45.7 Å². The minimum absolute atomic E-state index is 0.324. The molecule has 0 spiro atoms. The number of pyridine rings is 1. The van der Waals surface area contributed by atoms with Crippen molar-refractivity contribution in [3.8, 4) is 0 Å². The van der Waals surface area contributed by atoms with Crippen LogP contribution in [-0.2, 0) is 0 Å². The zero-order valence-electron chi connectivity index (χ0n) is 7.31. The lowest BCUT2D eigenvalue weighted by Gasteiger charge is -2.04. The van der Waals surface area contributed by atoms with E-state index in [0.29, 0.717) is 15.2 Å². The molecule has 0 saturated carbocycles. The van der Waals surface area contributed by atoms with Crippen molar-refractivity contribution in [3.05, 3.63) is 39.0 Å². The van der Waals surface area contributed by atoms with Crippen molar-refractivity contribution in [2.24, 2.45) is 0 Å². The Hall–Kier alpha value is -0.500. The smallest absolute Gasteiger partial charge is 0.148 e. The summed E-state index contributed by atoms with van der Waals surface area (Å²) in [5, 5.41) is 2.35. The highest BCUT2D eigenvalue weighted by molar-refractivity contribution is 6.41. The van der Waals surface area contributed by atoms with Crippen molar-refractivity contribution < 1.29 is 0 Å². The summed E-state index contributed by atoms with van der Waals surface area (Å²) in [7, 11) is 0. The second-order valence-corrected chi connectivity index (χ2v) is 4.26. The van der Waals surface area contributed by atoms with Crippen LogP contribution in [0.1, 0.15) is 5.56 Å². The van der Waals surface area contributed by atoms with Crippen LogP contribution in [0.2, 0.25) is 15.2 Å². The van der Waals surface area contributed by atoms with Crippen LogP contribution in [0.3, 0.4) is 0 Å². The molecule has 14 heavy (non-hydrogen) atoms. The first-order chi connectivity index (χ1) is 6.58. The first kappa shape index (κ1) is 10.0. The zero-order valence-corrected chi connectivity index (χ0v) is 9.58. The molecule has 2 rings (SSSR count). The van der Waals surface area contributed by atoms with Gasteiger partial charge >= 0.3 is 0 Å². The SMILES string of the molecule is Cc1cc(Cl)cc2cc(Cl)c(Cl)nc12. The van der Waals surface area contributed by atoms with Gasteiger partial charge in [-0.05, 0) is 30.7 Å². The second-order valence-electron chi connectivity index (χ2n) is 3.06. The Morgan fingerprint density at radius 3 is 2.50 bits per heavy atom. The third kappa shape index (κ3) is 1.68. The lowest BCUT2D eigenvalue weighted by molar-refractivity contribution is 1.37. The fourth-order valence-electron chi connectivity index (χ4n) is 1.37. The van der Waals surface area contributed by atoms with Gasteiger partial charge in [0.25, 0.3) is 0 Å². The van der Waals surface area contributed by atoms with E-state index in [4.69, 9.17) is 34.8 Å². The van der Waals surface area contributed by atoms with E-state index in [2.05, 4.69) is 4.98 Å². The number of fused-ring (bicyclic) bond motifs is 1. The molecule has 0 aliphatic heterocycles. The van der Waals surface area contributed by atoms with E-state index in [0.717, 1.165) is 16.5 Å². The van der Waals surface area contributed by atoms with Crippen LogP contribution in [0, 0.1) is 6.92 Å². The van der Waals surface area contributed by atoms with Gasteiger partial charge in [-0.25, -0.2) is 4.98 Å². The van der Waals surface area contributed by atoms with Gasteiger partial charge in [0.2, 0.25) is 0 Å². The molecular formula is C10H6Cl3N. The minimum Gasteiger partial charge on any atom is -0.234 e. The van der Waals surface area contributed by atoms with Crippen LogP contribution in [0.5, 0.6) is 0 Å². The topological polar surface area (TPSA) is 12.9 Å². The Kier molecular flexibility index (Phi) is 2.56. The molecule has 0 N–H and O–H groups in total. The van der Waals surface area contributed by atoms with Crippen molar-refractivity contribution in [1.29, 1.82) is 0 Å². The minimum atomic E-state index is 0.324. The summed E-state index contributed by atoms with van der Waals surface area (Å²) < 4.78 is 0. The summed E-state index contributed by atoms with van der Waals surface area (Å²) in [6.07, 6.45) is 0. The molecule has 0 aliphatic rings. The highest BCUT2D eigenvalue weighted by atomic mass is 35.5. The zero-order chi connectivity index (χ0) is 10.3. The van der Waals surface area contributed by atoms with Gasteiger partial charge in [0.05, 0.1) is 10.5 Å². The number of halogens is 3. The van der Waals surface area contributed by atoms with Gasteiger partial charge in [-0.1, -0.05) is 34.8 Å². The monoisotopic (exact) mass is 245 g/mol. The van der Waals surface area contributed by atoms with Gasteiger partial charge in [0.15, 0.2) is 0 Å². The molecular weight excluding hydrogens is 240 g/mol. The van der Waals surface area contributed by atoms with E-state index in [9.17, 15) is 0 Å². The Morgan fingerprint density at radius 1 is 1.07 bits per heavy atom. The molecule has 0 aliphatic carbocycles. The van der Waals surface area contributed by atoms with Crippen LogP contribution in [0.25, 0.3) is 10.9 Å². The number of rotatable bonds is 0. The molecule has 2 aromatic rings. The van der Waals surface area contributed by atoms with Gasteiger partial charge < -0.3 is 0 Å². The van der Waals surface area contributed by atoms with Crippen molar-refractivity contribution in [2.45, 2.75) is 6.92 Å². The van der Waals surface area contributed by atoms with Crippen LogP contribution < -0.4 is 0 Å². The van der Waals surface area contributed by atoms with E-state index in [1.54, 1.807) is 6.07 Å². The Balaban J connectivity index is 2.89. The molecule has 1 nitrogen and oxygen atoms in total. The number of nitrogens with zero attached hydrogens (tertiary/aromatic N) is 1. The quantitative estimate of drug-likeness (QED) is 0.624. The lowest BCUT2D eigenvalue weighted by Crippen LogP contribution is -1.85. The lowest BCUT2D eigenvalue weighted by atomic mass is 10.1. The van der Waals surface area contributed by atoms with E-state index < -0.39 is 0 Å². The highest BCUT2D eigenvalue weighted by Crippen LogP contribution is 2.28. The van der Waals surface area contributed by atoms with E-state index in [1.807, 2.05) is 19.1 Å². The fourth-order valence-corrected chi connectivity index (χ4v) is 1.95. The Labute approximate surface area is 96.6 Å². The van der Waals surface area contributed by atoms with Gasteiger partial charge in [0.1, 0.15) is 5.15 Å². The third-order valence-electron chi connectivity index (χ3n) is 1.98. The maximum absolute atomic E-state index is 5.91. The van der Waals surface area contributed by atoms with Crippen LogP contribution in [0.15, 0.2) is 18.2 Å². The molecule has 0 unspecified atom stereocenters. The van der Waals surface area contributed by atoms with E-state index >= 15 is 0 Å². The summed E-state index contributed by atoms with van der Waals surface area (Å²) in [5.41, 5.74) is 1.83. The molecule has 1 aromatic heterocycles. The van der Waals surface area contributed by atoms with Crippen molar-refractivity contribution in [3.63, 3.8) is 0 Å². The van der Waals surface area contributed by atoms with Crippen LogP contribution in [0.4, 0.5) is 0 Å². The summed E-state index contributed by atoms with van der Waals surface area (Å²) in [6, 6.07) is 5.44. The molecule has 1 heterocycles. The number of aromatic nitrogens is 1. The predicted octanol–water partition coefficient (Wildman–Crippen LogP) is 4.50. The Morgan fingerprint density at radius 2 is 1.79 bits per heavy atom. The number of aryl methyl sites for hydroxylation is 1. The van der Waals surface area contributed by atoms with Crippen LogP contribution in [-0.4, -0.2) is 4.98 Å². The molecule has 4 heteroatoms. The Bertz CT molecular complexity index is 508. The maximum atomic E-state index is 5.91. The molecule has 0 radical (unpaired) electrons. The highest BCUT2D eigenvalue weighted by Gasteiger charge is 2.05. The molecule has 0 fully saturated rings.